The van der Waals surface area contributed by atoms with Gasteiger partial charge in [0.2, 0.25) is 0 Å². The van der Waals surface area contributed by atoms with Gasteiger partial charge < -0.3 is 10.0 Å². The molecule has 0 radical (unpaired) electrons. The Balaban J connectivity index is 2.25. The Labute approximate surface area is 112 Å². The molecule has 1 amide bonds. The maximum atomic E-state index is 12.3. The van der Waals surface area contributed by atoms with Crippen molar-refractivity contribution in [3.05, 3.63) is 41.0 Å². The number of rotatable bonds is 4. The molecule has 100 valence electrons. The highest BCUT2D eigenvalue weighted by atomic mass is 16.4. The van der Waals surface area contributed by atoms with Crippen LogP contribution in [0, 0.1) is 6.92 Å². The summed E-state index contributed by atoms with van der Waals surface area (Å²) in [5.41, 5.74) is 2.29. The van der Waals surface area contributed by atoms with E-state index < -0.39 is 5.97 Å². The summed E-state index contributed by atoms with van der Waals surface area (Å²) in [6.07, 6.45) is 4.72. The van der Waals surface area contributed by atoms with Gasteiger partial charge >= 0.3 is 5.97 Å². The lowest BCUT2D eigenvalue weighted by molar-refractivity contribution is -0.131. The van der Waals surface area contributed by atoms with Crippen LogP contribution >= 0.6 is 0 Å². The molecule has 0 bridgehead atoms. The zero-order valence-electron chi connectivity index (χ0n) is 11.1. The van der Waals surface area contributed by atoms with E-state index in [0.29, 0.717) is 11.6 Å². The van der Waals surface area contributed by atoms with Gasteiger partial charge in [-0.1, -0.05) is 6.07 Å². The van der Waals surface area contributed by atoms with Crippen LogP contribution in [0.25, 0.3) is 6.08 Å². The minimum atomic E-state index is -0.996. The van der Waals surface area contributed by atoms with Crippen LogP contribution in [0.5, 0.6) is 0 Å². The van der Waals surface area contributed by atoms with Crippen molar-refractivity contribution in [3.8, 4) is 0 Å². The number of amides is 1. The molecule has 1 N–H and O–H groups in total. The van der Waals surface area contributed by atoms with Crippen LogP contribution in [0.3, 0.4) is 0 Å². The molecule has 1 aromatic carbocycles. The minimum absolute atomic E-state index is 0.00354. The fraction of sp³-hybridized carbons (Fsp3) is 0.333. The second kappa shape index (κ2) is 5.26. The Bertz CT molecular complexity index is 544. The zero-order valence-corrected chi connectivity index (χ0v) is 11.1. The predicted octanol–water partition coefficient (Wildman–Crippen LogP) is 2.33. The summed E-state index contributed by atoms with van der Waals surface area (Å²) < 4.78 is 0. The first-order valence-electron chi connectivity index (χ1n) is 6.27. The minimum Gasteiger partial charge on any atom is -0.478 e. The Morgan fingerprint density at radius 3 is 2.58 bits per heavy atom. The van der Waals surface area contributed by atoms with Gasteiger partial charge in [-0.15, -0.1) is 0 Å². The first-order valence-corrected chi connectivity index (χ1v) is 6.27. The molecule has 0 heterocycles. The normalized spacial score (nSPS) is 14.6. The van der Waals surface area contributed by atoms with E-state index in [-0.39, 0.29) is 5.91 Å². The quantitative estimate of drug-likeness (QED) is 0.844. The lowest BCUT2D eigenvalue weighted by Crippen LogP contribution is -2.28. The van der Waals surface area contributed by atoms with Gasteiger partial charge in [-0.05, 0) is 49.1 Å². The number of carboxylic acids is 1. The van der Waals surface area contributed by atoms with Crippen molar-refractivity contribution in [1.29, 1.82) is 0 Å². The summed E-state index contributed by atoms with van der Waals surface area (Å²) in [5, 5.41) is 8.63. The van der Waals surface area contributed by atoms with E-state index in [9.17, 15) is 9.59 Å². The average molecular weight is 259 g/mol. The van der Waals surface area contributed by atoms with Crippen molar-refractivity contribution in [2.45, 2.75) is 25.8 Å². The number of hydrogen-bond donors (Lipinski definition) is 1. The number of aryl methyl sites for hydroxylation is 1. The van der Waals surface area contributed by atoms with Crippen molar-refractivity contribution in [1.82, 2.24) is 4.90 Å². The van der Waals surface area contributed by atoms with Gasteiger partial charge in [0.25, 0.3) is 5.91 Å². The van der Waals surface area contributed by atoms with E-state index in [1.807, 2.05) is 26.1 Å². The van der Waals surface area contributed by atoms with E-state index in [1.54, 1.807) is 11.0 Å². The van der Waals surface area contributed by atoms with E-state index in [4.69, 9.17) is 5.11 Å². The van der Waals surface area contributed by atoms with Crippen molar-refractivity contribution in [2.24, 2.45) is 0 Å². The van der Waals surface area contributed by atoms with E-state index in [0.717, 1.165) is 30.0 Å². The molecule has 4 nitrogen and oxygen atoms in total. The third-order valence-corrected chi connectivity index (χ3v) is 3.18. The molecule has 0 aromatic heterocycles. The standard InChI is InChI=1S/C15H17NO3/c1-10-7-11(3-6-14(17)18)9-12(8-10)15(19)16(2)13-4-5-13/h3,6-9,13H,4-5H2,1-2H3,(H,17,18)/b6-3+. The summed E-state index contributed by atoms with van der Waals surface area (Å²) >= 11 is 0. The number of hydrogen-bond acceptors (Lipinski definition) is 2. The fourth-order valence-corrected chi connectivity index (χ4v) is 2.03. The van der Waals surface area contributed by atoms with Gasteiger partial charge in [0, 0.05) is 24.7 Å². The Morgan fingerprint density at radius 2 is 2.00 bits per heavy atom. The van der Waals surface area contributed by atoms with Crippen molar-refractivity contribution in [3.63, 3.8) is 0 Å². The highest BCUT2D eigenvalue weighted by Crippen LogP contribution is 2.27. The molecule has 0 aliphatic heterocycles. The summed E-state index contributed by atoms with van der Waals surface area (Å²) in [4.78, 5) is 24.5. The lowest BCUT2D eigenvalue weighted by atomic mass is 10.0. The fourth-order valence-electron chi connectivity index (χ4n) is 2.03. The van der Waals surface area contributed by atoms with Crippen molar-refractivity contribution < 1.29 is 14.7 Å². The maximum absolute atomic E-state index is 12.3. The third-order valence-electron chi connectivity index (χ3n) is 3.18. The Morgan fingerprint density at radius 1 is 1.32 bits per heavy atom. The first kappa shape index (κ1) is 13.3. The Kier molecular flexibility index (Phi) is 3.69. The summed E-state index contributed by atoms with van der Waals surface area (Å²) in [6, 6.07) is 5.78. The van der Waals surface area contributed by atoms with Gasteiger partial charge in [0.15, 0.2) is 0 Å². The van der Waals surface area contributed by atoms with Crippen LogP contribution in [0.15, 0.2) is 24.3 Å². The molecule has 0 spiro atoms. The molecule has 4 heteroatoms. The summed E-state index contributed by atoms with van der Waals surface area (Å²) in [5.74, 6) is -0.999. The molecule has 1 saturated carbocycles. The maximum Gasteiger partial charge on any atom is 0.328 e. The zero-order chi connectivity index (χ0) is 14.0. The van der Waals surface area contributed by atoms with Gasteiger partial charge in [0.1, 0.15) is 0 Å². The van der Waals surface area contributed by atoms with Crippen LogP contribution in [0.2, 0.25) is 0 Å². The predicted molar refractivity (Wildman–Crippen MR) is 73.0 cm³/mol. The smallest absolute Gasteiger partial charge is 0.328 e. The molecule has 1 aliphatic rings. The Hall–Kier alpha value is -2.10. The molecule has 19 heavy (non-hydrogen) atoms. The van der Waals surface area contributed by atoms with Crippen LogP contribution < -0.4 is 0 Å². The molecule has 0 saturated heterocycles. The number of benzene rings is 1. The molecule has 1 aromatic rings. The van der Waals surface area contributed by atoms with Gasteiger partial charge in [-0.25, -0.2) is 4.79 Å². The van der Waals surface area contributed by atoms with Gasteiger partial charge in [0.05, 0.1) is 0 Å². The number of nitrogens with zero attached hydrogens (tertiary/aromatic N) is 1. The molecular formula is C15H17NO3. The summed E-state index contributed by atoms with van der Waals surface area (Å²) in [7, 11) is 1.81. The van der Waals surface area contributed by atoms with E-state index in [1.165, 1.54) is 6.08 Å². The summed E-state index contributed by atoms with van der Waals surface area (Å²) in [6.45, 7) is 1.89. The highest BCUT2D eigenvalue weighted by molar-refractivity contribution is 5.95. The third kappa shape index (κ3) is 3.44. The molecule has 2 rings (SSSR count). The highest BCUT2D eigenvalue weighted by Gasteiger charge is 2.30. The largest absolute Gasteiger partial charge is 0.478 e. The molecule has 0 atom stereocenters. The van der Waals surface area contributed by atoms with Crippen LogP contribution in [-0.4, -0.2) is 35.0 Å². The van der Waals surface area contributed by atoms with Crippen molar-refractivity contribution in [2.75, 3.05) is 7.05 Å². The van der Waals surface area contributed by atoms with Gasteiger partial charge in [-0.2, -0.15) is 0 Å². The first-order chi connectivity index (χ1) is 8.97. The number of carbonyl (C=O) groups is 2. The molecule has 1 aliphatic carbocycles. The van der Waals surface area contributed by atoms with Crippen LogP contribution in [0.1, 0.15) is 34.3 Å². The monoisotopic (exact) mass is 259 g/mol. The van der Waals surface area contributed by atoms with E-state index >= 15 is 0 Å². The SMILES string of the molecule is Cc1cc(/C=C/C(=O)O)cc(C(=O)N(C)C2CC2)c1. The second-order valence-electron chi connectivity index (χ2n) is 4.95. The molecule has 0 unspecified atom stereocenters. The van der Waals surface area contributed by atoms with Crippen LogP contribution in [-0.2, 0) is 4.79 Å². The van der Waals surface area contributed by atoms with Crippen LogP contribution in [0.4, 0.5) is 0 Å². The number of carboxylic acid groups (broad SMARTS) is 1. The average Bonchev–Trinajstić information content (AvgIpc) is 3.18. The molecular weight excluding hydrogens is 242 g/mol. The number of carbonyl (C=O) groups excluding carboxylic acids is 1. The number of aliphatic carboxylic acids is 1. The lowest BCUT2D eigenvalue weighted by Gasteiger charge is -2.16. The topological polar surface area (TPSA) is 57.6 Å². The molecule has 1 fully saturated rings. The second-order valence-corrected chi connectivity index (χ2v) is 4.95. The van der Waals surface area contributed by atoms with Gasteiger partial charge in [-0.3, -0.25) is 4.79 Å². The van der Waals surface area contributed by atoms with Crippen molar-refractivity contribution >= 4 is 18.0 Å². The van der Waals surface area contributed by atoms with E-state index in [2.05, 4.69) is 0 Å².